The molecule has 0 aliphatic carbocycles. The predicted molar refractivity (Wildman–Crippen MR) is 112 cm³/mol. The summed E-state index contributed by atoms with van der Waals surface area (Å²) in [5.74, 6) is 0.346. The third-order valence-electron chi connectivity index (χ3n) is 4.38. The molecule has 152 valence electrons. The van der Waals surface area contributed by atoms with Gasteiger partial charge >= 0.3 is 0 Å². The molecule has 0 fully saturated rings. The number of nitrogens with zero attached hydrogens (tertiary/aromatic N) is 1. The molecule has 28 heavy (non-hydrogen) atoms. The quantitative estimate of drug-likeness (QED) is 0.652. The van der Waals surface area contributed by atoms with E-state index in [-0.39, 0.29) is 12.5 Å². The highest BCUT2D eigenvalue weighted by Crippen LogP contribution is 2.21. The molecule has 1 N–H and O–H groups in total. The molecular weight excluding hydrogens is 376 g/mol. The zero-order valence-electron chi connectivity index (χ0n) is 16.8. The van der Waals surface area contributed by atoms with Crippen molar-refractivity contribution in [3.63, 3.8) is 0 Å². The van der Waals surface area contributed by atoms with Gasteiger partial charge in [0.2, 0.25) is 15.9 Å². The van der Waals surface area contributed by atoms with Gasteiger partial charge in [-0.1, -0.05) is 36.8 Å². The lowest BCUT2D eigenvalue weighted by atomic mass is 10.1. The molecule has 0 spiro atoms. The minimum Gasteiger partial charge on any atom is -0.492 e. The molecule has 1 atom stereocenters. The number of hydrogen-bond donors (Lipinski definition) is 1. The summed E-state index contributed by atoms with van der Waals surface area (Å²) in [6.45, 7) is 6.17. The van der Waals surface area contributed by atoms with Gasteiger partial charge in [0.25, 0.3) is 0 Å². The van der Waals surface area contributed by atoms with Crippen LogP contribution in [0, 0.1) is 6.92 Å². The Labute approximate surface area is 167 Å². The molecule has 2 aromatic rings. The lowest BCUT2D eigenvalue weighted by Crippen LogP contribution is -2.48. The monoisotopic (exact) mass is 404 g/mol. The highest BCUT2D eigenvalue weighted by Gasteiger charge is 2.28. The second-order valence-electron chi connectivity index (χ2n) is 6.71. The van der Waals surface area contributed by atoms with Crippen LogP contribution in [0.4, 0.5) is 5.69 Å². The number of benzene rings is 2. The number of carbonyl (C=O) groups excluding carboxylic acids is 1. The molecular formula is C21H28N2O4S. The topological polar surface area (TPSA) is 75.7 Å². The lowest BCUT2D eigenvalue weighted by molar-refractivity contribution is -0.121. The van der Waals surface area contributed by atoms with Gasteiger partial charge in [-0.15, -0.1) is 0 Å². The average Bonchev–Trinajstić information content (AvgIpc) is 2.66. The molecule has 1 amide bonds. The fourth-order valence-electron chi connectivity index (χ4n) is 2.81. The molecule has 0 bridgehead atoms. The van der Waals surface area contributed by atoms with Crippen molar-refractivity contribution in [3.8, 4) is 5.75 Å². The Morgan fingerprint density at radius 3 is 2.25 bits per heavy atom. The van der Waals surface area contributed by atoms with E-state index in [1.165, 1.54) is 0 Å². The van der Waals surface area contributed by atoms with Crippen LogP contribution in [0.25, 0.3) is 0 Å². The Kier molecular flexibility index (Phi) is 7.45. The summed E-state index contributed by atoms with van der Waals surface area (Å²) in [6.07, 6.45) is 1.96. The van der Waals surface area contributed by atoms with Crippen molar-refractivity contribution >= 4 is 21.6 Å². The van der Waals surface area contributed by atoms with Crippen molar-refractivity contribution in [3.05, 3.63) is 59.7 Å². The number of carbonyl (C=O) groups is 1. The van der Waals surface area contributed by atoms with Gasteiger partial charge in [0.1, 0.15) is 18.4 Å². The predicted octanol–water partition coefficient (Wildman–Crippen LogP) is 2.91. The van der Waals surface area contributed by atoms with E-state index in [0.29, 0.717) is 12.3 Å². The fraction of sp³-hybridized carbons (Fsp3) is 0.381. The summed E-state index contributed by atoms with van der Waals surface area (Å²) in [5.41, 5.74) is 2.71. The Bertz CT molecular complexity index is 878. The van der Waals surface area contributed by atoms with E-state index in [9.17, 15) is 13.2 Å². The van der Waals surface area contributed by atoms with E-state index < -0.39 is 16.1 Å². The molecule has 7 heteroatoms. The second-order valence-corrected chi connectivity index (χ2v) is 8.57. The Morgan fingerprint density at radius 2 is 1.71 bits per heavy atom. The average molecular weight is 405 g/mol. The van der Waals surface area contributed by atoms with Gasteiger partial charge in [0.05, 0.1) is 18.5 Å². The van der Waals surface area contributed by atoms with Gasteiger partial charge < -0.3 is 10.1 Å². The van der Waals surface area contributed by atoms with Crippen molar-refractivity contribution in [1.82, 2.24) is 5.32 Å². The van der Waals surface area contributed by atoms with Crippen molar-refractivity contribution in [2.24, 2.45) is 0 Å². The maximum absolute atomic E-state index is 12.5. The SMILES string of the molecule is CCc1ccc(N([C@H](C)C(=O)NCCOc2ccc(C)cc2)S(C)(=O)=O)cc1. The maximum atomic E-state index is 12.5. The van der Waals surface area contributed by atoms with E-state index in [0.717, 1.165) is 33.9 Å². The number of amides is 1. The highest BCUT2D eigenvalue weighted by atomic mass is 32.2. The van der Waals surface area contributed by atoms with Crippen molar-refractivity contribution in [2.75, 3.05) is 23.7 Å². The first-order chi connectivity index (χ1) is 13.2. The third kappa shape index (κ3) is 5.99. The number of nitrogens with one attached hydrogen (secondary N) is 1. The van der Waals surface area contributed by atoms with Crippen LogP contribution >= 0.6 is 0 Å². The van der Waals surface area contributed by atoms with E-state index in [1.54, 1.807) is 19.1 Å². The highest BCUT2D eigenvalue weighted by molar-refractivity contribution is 7.92. The lowest BCUT2D eigenvalue weighted by Gasteiger charge is -2.28. The summed E-state index contributed by atoms with van der Waals surface area (Å²) in [4.78, 5) is 12.5. The number of ether oxygens (including phenoxy) is 1. The smallest absolute Gasteiger partial charge is 0.243 e. The van der Waals surface area contributed by atoms with Crippen LogP contribution in [0.5, 0.6) is 5.75 Å². The van der Waals surface area contributed by atoms with Crippen LogP contribution in [0.2, 0.25) is 0 Å². The van der Waals surface area contributed by atoms with E-state index in [1.807, 2.05) is 50.2 Å². The summed E-state index contributed by atoms with van der Waals surface area (Å²) in [5, 5.41) is 2.74. The molecule has 0 saturated carbocycles. The van der Waals surface area contributed by atoms with Crippen molar-refractivity contribution in [1.29, 1.82) is 0 Å². The maximum Gasteiger partial charge on any atom is 0.243 e. The van der Waals surface area contributed by atoms with Crippen LogP contribution in [0.1, 0.15) is 25.0 Å². The van der Waals surface area contributed by atoms with Gasteiger partial charge in [0.15, 0.2) is 0 Å². The first-order valence-corrected chi connectivity index (χ1v) is 11.1. The van der Waals surface area contributed by atoms with E-state index >= 15 is 0 Å². The van der Waals surface area contributed by atoms with Crippen LogP contribution in [0.15, 0.2) is 48.5 Å². The largest absolute Gasteiger partial charge is 0.492 e. The Hall–Kier alpha value is -2.54. The van der Waals surface area contributed by atoms with E-state index in [2.05, 4.69) is 5.32 Å². The zero-order chi connectivity index (χ0) is 20.7. The van der Waals surface area contributed by atoms with Gasteiger partial charge in [-0.05, 0) is 50.1 Å². The van der Waals surface area contributed by atoms with Gasteiger partial charge in [-0.25, -0.2) is 8.42 Å². The second kappa shape index (κ2) is 9.59. The number of sulfonamides is 1. The molecule has 2 rings (SSSR count). The molecule has 0 saturated heterocycles. The number of anilines is 1. The van der Waals surface area contributed by atoms with Gasteiger partial charge in [0, 0.05) is 0 Å². The normalized spacial score (nSPS) is 12.3. The van der Waals surface area contributed by atoms with Crippen molar-refractivity contribution in [2.45, 2.75) is 33.2 Å². The molecule has 0 aliphatic heterocycles. The van der Waals surface area contributed by atoms with Crippen LogP contribution < -0.4 is 14.4 Å². The van der Waals surface area contributed by atoms with Gasteiger partial charge in [-0.3, -0.25) is 9.10 Å². The molecule has 0 unspecified atom stereocenters. The van der Waals surface area contributed by atoms with Crippen LogP contribution in [-0.2, 0) is 21.2 Å². The molecule has 0 aromatic heterocycles. The fourth-order valence-corrected chi connectivity index (χ4v) is 3.99. The molecule has 0 aliphatic rings. The number of rotatable bonds is 9. The third-order valence-corrected chi connectivity index (χ3v) is 5.62. The summed E-state index contributed by atoms with van der Waals surface area (Å²) < 4.78 is 31.3. The van der Waals surface area contributed by atoms with E-state index in [4.69, 9.17) is 4.74 Å². The standard InChI is InChI=1S/C21H28N2O4S/c1-5-18-8-10-19(11-9-18)23(28(4,25)26)17(3)21(24)22-14-15-27-20-12-6-16(2)7-13-20/h6-13,17H,5,14-15H2,1-4H3,(H,22,24)/t17-/m1/s1. The first kappa shape index (κ1) is 21.8. The Balaban J connectivity index is 1.97. The van der Waals surface area contributed by atoms with Crippen LogP contribution in [0.3, 0.4) is 0 Å². The van der Waals surface area contributed by atoms with Crippen LogP contribution in [-0.4, -0.2) is 39.8 Å². The summed E-state index contributed by atoms with van der Waals surface area (Å²) in [6, 6.07) is 13.9. The zero-order valence-corrected chi connectivity index (χ0v) is 17.6. The number of aryl methyl sites for hydroxylation is 2. The Morgan fingerprint density at radius 1 is 1.11 bits per heavy atom. The minimum atomic E-state index is -3.62. The molecule has 6 nitrogen and oxygen atoms in total. The number of hydrogen-bond acceptors (Lipinski definition) is 4. The summed E-state index contributed by atoms with van der Waals surface area (Å²) >= 11 is 0. The molecule has 0 heterocycles. The minimum absolute atomic E-state index is 0.281. The summed E-state index contributed by atoms with van der Waals surface area (Å²) in [7, 11) is -3.62. The van der Waals surface area contributed by atoms with Gasteiger partial charge in [-0.2, -0.15) is 0 Å². The molecule has 0 radical (unpaired) electrons. The first-order valence-electron chi connectivity index (χ1n) is 9.28. The molecule has 2 aromatic carbocycles. The van der Waals surface area contributed by atoms with Crippen molar-refractivity contribution < 1.29 is 17.9 Å².